The van der Waals surface area contributed by atoms with Crippen LogP contribution in [0.5, 0.6) is 5.75 Å². The maximum absolute atomic E-state index is 14.6. The van der Waals surface area contributed by atoms with Gasteiger partial charge in [-0.15, -0.1) is 0 Å². The van der Waals surface area contributed by atoms with Crippen LogP contribution in [0, 0.1) is 0 Å². The number of hydrogen-bond acceptors (Lipinski definition) is 4. The van der Waals surface area contributed by atoms with Crippen LogP contribution >= 0.6 is 0 Å². The molecule has 8 nitrogen and oxygen atoms in total. The van der Waals surface area contributed by atoms with Gasteiger partial charge in [-0.25, -0.2) is 4.79 Å². The molecule has 2 aliphatic rings. The van der Waals surface area contributed by atoms with Crippen LogP contribution in [-0.2, 0) is 11.3 Å². The first kappa shape index (κ1) is 30.1. The molecule has 3 aromatic rings. The van der Waals surface area contributed by atoms with Gasteiger partial charge in [-0.05, 0) is 67.6 Å². The minimum absolute atomic E-state index is 0.0499. The second kappa shape index (κ2) is 14.2. The summed E-state index contributed by atoms with van der Waals surface area (Å²) in [6, 6.07) is 23.5. The summed E-state index contributed by atoms with van der Waals surface area (Å²) in [5.41, 5.74) is 1.30. The number of benzene rings is 3. The van der Waals surface area contributed by atoms with Gasteiger partial charge in [0, 0.05) is 18.3 Å². The van der Waals surface area contributed by atoms with Crippen molar-refractivity contribution in [1.82, 2.24) is 10.2 Å². The van der Waals surface area contributed by atoms with E-state index in [4.69, 9.17) is 4.74 Å². The molecule has 5 rings (SSSR count). The molecule has 0 saturated heterocycles. The number of carbonyl (C=O) groups is 3. The highest BCUT2D eigenvalue weighted by Gasteiger charge is 2.48. The Kier molecular flexibility index (Phi) is 9.97. The van der Waals surface area contributed by atoms with Gasteiger partial charge < -0.3 is 25.6 Å². The van der Waals surface area contributed by atoms with Crippen molar-refractivity contribution in [2.24, 2.45) is 0 Å². The maximum atomic E-state index is 14.6. The third kappa shape index (κ3) is 7.37. The lowest BCUT2D eigenvalue weighted by molar-refractivity contribution is -0.135. The Morgan fingerprint density at radius 2 is 1.44 bits per heavy atom. The molecule has 0 heterocycles. The van der Waals surface area contributed by atoms with Crippen molar-refractivity contribution in [3.63, 3.8) is 0 Å². The fourth-order valence-corrected chi connectivity index (χ4v) is 6.39. The maximum Gasteiger partial charge on any atom is 0.323 e. The summed E-state index contributed by atoms with van der Waals surface area (Å²) in [4.78, 5) is 43.7. The van der Waals surface area contributed by atoms with E-state index in [2.05, 4.69) is 16.0 Å². The zero-order valence-corrected chi connectivity index (χ0v) is 24.9. The van der Waals surface area contributed by atoms with Crippen molar-refractivity contribution >= 4 is 29.2 Å². The molecule has 2 fully saturated rings. The summed E-state index contributed by atoms with van der Waals surface area (Å²) in [7, 11) is 1.58. The predicted octanol–water partition coefficient (Wildman–Crippen LogP) is 7.13. The van der Waals surface area contributed by atoms with Crippen LogP contribution in [0.3, 0.4) is 0 Å². The first-order valence-corrected chi connectivity index (χ1v) is 15.5. The Labute approximate surface area is 254 Å². The third-order valence-electron chi connectivity index (χ3n) is 8.74. The van der Waals surface area contributed by atoms with Gasteiger partial charge in [-0.2, -0.15) is 0 Å². The Balaban J connectivity index is 1.45. The summed E-state index contributed by atoms with van der Waals surface area (Å²) in [6.45, 7) is 0.296. The summed E-state index contributed by atoms with van der Waals surface area (Å²) in [6.07, 6.45) is 9.39. The predicted molar refractivity (Wildman–Crippen MR) is 169 cm³/mol. The Morgan fingerprint density at radius 1 is 0.791 bits per heavy atom. The van der Waals surface area contributed by atoms with E-state index in [9.17, 15) is 14.4 Å². The summed E-state index contributed by atoms with van der Waals surface area (Å²) in [5, 5.41) is 9.05. The van der Waals surface area contributed by atoms with Gasteiger partial charge in [-0.1, -0.05) is 81.0 Å². The molecular formula is C35H42N4O4. The van der Waals surface area contributed by atoms with E-state index in [0.717, 1.165) is 50.5 Å². The highest BCUT2D eigenvalue weighted by Crippen LogP contribution is 2.38. The second-order valence-electron chi connectivity index (χ2n) is 11.6. The number of anilines is 2. The number of hydrogen-bond donors (Lipinski definition) is 3. The number of carbonyl (C=O) groups excluding carboxylic acids is 3. The zero-order valence-electron chi connectivity index (χ0n) is 24.9. The molecule has 226 valence electrons. The molecule has 3 aromatic carbocycles. The zero-order chi connectivity index (χ0) is 30.1. The normalized spacial score (nSPS) is 16.5. The Bertz CT molecular complexity index is 1380. The highest BCUT2D eigenvalue weighted by atomic mass is 16.5. The van der Waals surface area contributed by atoms with Gasteiger partial charge >= 0.3 is 6.03 Å². The van der Waals surface area contributed by atoms with E-state index in [1.54, 1.807) is 60.5 Å². The molecule has 43 heavy (non-hydrogen) atoms. The van der Waals surface area contributed by atoms with Crippen LogP contribution in [0.15, 0.2) is 78.9 Å². The molecule has 0 unspecified atom stereocenters. The van der Waals surface area contributed by atoms with Crippen molar-refractivity contribution in [3.8, 4) is 5.75 Å². The SMILES string of the molecule is COc1ccc(NC(=O)Nc2ccccc2C(=O)N(Cc2ccccc2)C2(C(=O)NC3CCCCC3)CCCCC2)cc1. The highest BCUT2D eigenvalue weighted by molar-refractivity contribution is 6.08. The number of ether oxygens (including phenoxy) is 1. The van der Waals surface area contributed by atoms with Gasteiger partial charge in [0.2, 0.25) is 5.91 Å². The van der Waals surface area contributed by atoms with E-state index >= 15 is 0 Å². The van der Waals surface area contributed by atoms with Crippen LogP contribution in [0.1, 0.15) is 80.1 Å². The van der Waals surface area contributed by atoms with Crippen molar-refractivity contribution in [1.29, 1.82) is 0 Å². The van der Waals surface area contributed by atoms with Crippen LogP contribution in [0.2, 0.25) is 0 Å². The van der Waals surface area contributed by atoms with E-state index < -0.39 is 11.6 Å². The van der Waals surface area contributed by atoms with Gasteiger partial charge in [-0.3, -0.25) is 9.59 Å². The number of amides is 4. The van der Waals surface area contributed by atoms with E-state index in [-0.39, 0.29) is 17.9 Å². The average molecular weight is 583 g/mol. The third-order valence-corrected chi connectivity index (χ3v) is 8.74. The number of nitrogens with one attached hydrogen (secondary N) is 3. The van der Waals surface area contributed by atoms with Crippen molar-refractivity contribution < 1.29 is 19.1 Å². The molecule has 0 aliphatic heterocycles. The van der Waals surface area contributed by atoms with Crippen molar-refractivity contribution in [2.75, 3.05) is 17.7 Å². The quantitative estimate of drug-likeness (QED) is 0.250. The topological polar surface area (TPSA) is 99.8 Å². The first-order chi connectivity index (χ1) is 21.0. The summed E-state index contributed by atoms with van der Waals surface area (Å²) >= 11 is 0. The van der Waals surface area contributed by atoms with Gasteiger partial charge in [0.25, 0.3) is 5.91 Å². The second-order valence-corrected chi connectivity index (χ2v) is 11.6. The Morgan fingerprint density at radius 3 is 2.14 bits per heavy atom. The van der Waals surface area contributed by atoms with E-state index in [1.165, 1.54) is 6.42 Å². The molecular weight excluding hydrogens is 540 g/mol. The Hall–Kier alpha value is -4.33. The number of nitrogens with zero attached hydrogens (tertiary/aromatic N) is 1. The molecule has 2 saturated carbocycles. The molecule has 3 N–H and O–H groups in total. The fraction of sp³-hybridized carbons (Fsp3) is 0.400. The van der Waals surface area contributed by atoms with Crippen molar-refractivity contribution in [2.45, 2.75) is 82.3 Å². The fourth-order valence-electron chi connectivity index (χ4n) is 6.39. The van der Waals surface area contributed by atoms with Gasteiger partial charge in [0.15, 0.2) is 0 Å². The van der Waals surface area contributed by atoms with Crippen LogP contribution in [0.4, 0.5) is 16.2 Å². The number of para-hydroxylation sites is 1. The lowest BCUT2D eigenvalue weighted by Crippen LogP contribution is -2.62. The van der Waals surface area contributed by atoms with Crippen LogP contribution in [-0.4, -0.2) is 41.4 Å². The molecule has 4 amide bonds. The molecule has 0 spiro atoms. The molecule has 2 aliphatic carbocycles. The van der Waals surface area contributed by atoms with E-state index in [1.807, 2.05) is 30.3 Å². The minimum Gasteiger partial charge on any atom is -0.497 e. The summed E-state index contributed by atoms with van der Waals surface area (Å²) in [5.74, 6) is 0.362. The molecule has 8 heteroatoms. The van der Waals surface area contributed by atoms with Crippen LogP contribution in [0.25, 0.3) is 0 Å². The number of urea groups is 1. The molecule has 0 bridgehead atoms. The summed E-state index contributed by atoms with van der Waals surface area (Å²) < 4.78 is 5.20. The smallest absolute Gasteiger partial charge is 0.323 e. The van der Waals surface area contributed by atoms with Crippen molar-refractivity contribution in [3.05, 3.63) is 90.0 Å². The van der Waals surface area contributed by atoms with Gasteiger partial charge in [0.05, 0.1) is 18.4 Å². The first-order valence-electron chi connectivity index (χ1n) is 15.5. The molecule has 0 radical (unpaired) electrons. The lowest BCUT2D eigenvalue weighted by Gasteiger charge is -2.46. The van der Waals surface area contributed by atoms with Gasteiger partial charge in [0.1, 0.15) is 11.3 Å². The molecule has 0 atom stereocenters. The number of methoxy groups -OCH3 is 1. The largest absolute Gasteiger partial charge is 0.497 e. The van der Waals surface area contributed by atoms with Crippen LogP contribution < -0.4 is 20.7 Å². The number of rotatable bonds is 9. The lowest BCUT2D eigenvalue weighted by atomic mass is 9.78. The molecule has 0 aromatic heterocycles. The van der Waals surface area contributed by atoms with E-state index in [0.29, 0.717) is 42.1 Å². The average Bonchev–Trinajstić information content (AvgIpc) is 3.05. The standard InChI is InChI=1S/C35H42N4O4/c1-43-29-21-19-28(20-22-29)37-34(42)38-31-18-10-9-17-30(31)32(40)39(25-26-13-5-2-6-14-26)35(23-11-4-12-24-35)33(41)36-27-15-7-3-8-16-27/h2,5-6,9-10,13-14,17-22,27H,3-4,7-8,11-12,15-16,23-25H2,1H3,(H,36,41)(H2,37,38,42). The monoisotopic (exact) mass is 582 g/mol. The minimum atomic E-state index is -0.971.